The molecular weight excluding hydrogens is 516 g/mol. The summed E-state index contributed by atoms with van der Waals surface area (Å²) in [6.07, 6.45) is 7.09. The number of benzene rings is 2. The molecule has 0 amide bonds. The molecule has 10 nitrogen and oxygen atoms in total. The summed E-state index contributed by atoms with van der Waals surface area (Å²) in [5.41, 5.74) is 1.39. The second-order valence-electron chi connectivity index (χ2n) is 11.0. The average molecular weight is 551 g/mol. The van der Waals surface area contributed by atoms with E-state index in [0.717, 1.165) is 62.3 Å². The van der Waals surface area contributed by atoms with E-state index in [-0.39, 0.29) is 23.5 Å². The van der Waals surface area contributed by atoms with Crippen LogP contribution in [0.15, 0.2) is 62.4 Å². The van der Waals surface area contributed by atoms with Crippen molar-refractivity contribution in [3.8, 4) is 5.88 Å². The lowest BCUT2D eigenvalue weighted by atomic mass is 9.90. The van der Waals surface area contributed by atoms with Crippen LogP contribution in [-0.2, 0) is 18.9 Å². The van der Waals surface area contributed by atoms with Crippen molar-refractivity contribution >= 4 is 21.9 Å². The Kier molecular flexibility index (Phi) is 6.87. The van der Waals surface area contributed by atoms with Gasteiger partial charge in [-0.3, -0.25) is 4.79 Å². The second kappa shape index (κ2) is 10.7. The largest absolute Gasteiger partial charge is 0.472 e. The van der Waals surface area contributed by atoms with Crippen molar-refractivity contribution < 1.29 is 32.7 Å². The van der Waals surface area contributed by atoms with Crippen molar-refractivity contribution in [2.75, 3.05) is 26.4 Å². The molecule has 2 spiro atoms. The van der Waals surface area contributed by atoms with Crippen LogP contribution in [0.4, 0.5) is 0 Å². The number of rotatable bonds is 3. The lowest BCUT2D eigenvalue weighted by molar-refractivity contribution is -0.186. The predicted molar refractivity (Wildman–Crippen MR) is 144 cm³/mol. The Hall–Kier alpha value is -3.18. The summed E-state index contributed by atoms with van der Waals surface area (Å²) < 4.78 is 41.4. The minimum Gasteiger partial charge on any atom is -0.472 e. The molecule has 2 aromatic heterocycles. The van der Waals surface area contributed by atoms with Gasteiger partial charge in [0.2, 0.25) is 0 Å². The van der Waals surface area contributed by atoms with Crippen LogP contribution < -0.4 is 10.3 Å². The van der Waals surface area contributed by atoms with E-state index in [9.17, 15) is 4.79 Å². The van der Waals surface area contributed by atoms with Gasteiger partial charge in [-0.2, -0.15) is 4.74 Å². The molecule has 4 aliphatic rings. The minimum absolute atomic E-state index is 0.0326. The van der Waals surface area contributed by atoms with E-state index in [1.807, 2.05) is 48.5 Å². The second-order valence-corrected chi connectivity index (χ2v) is 11.0. The summed E-state index contributed by atoms with van der Waals surface area (Å²) >= 11 is 0. The summed E-state index contributed by atoms with van der Waals surface area (Å²) in [5, 5.41) is 5.60. The van der Waals surface area contributed by atoms with Crippen LogP contribution >= 0.6 is 0 Å². The van der Waals surface area contributed by atoms with E-state index >= 15 is 0 Å². The van der Waals surface area contributed by atoms with Crippen LogP contribution in [0.5, 0.6) is 5.88 Å². The zero-order valence-corrected chi connectivity index (χ0v) is 22.4. The number of nitrogens with zero attached hydrogens (tertiary/aromatic N) is 2. The van der Waals surface area contributed by atoms with Crippen molar-refractivity contribution in [3.05, 3.63) is 58.9 Å². The molecule has 4 heterocycles. The van der Waals surface area contributed by atoms with Gasteiger partial charge in [0.1, 0.15) is 6.10 Å². The number of aromatic nitrogens is 2. The summed E-state index contributed by atoms with van der Waals surface area (Å²) in [5.74, 6) is -0.146. The standard InChI is InChI=1S/2C15H17NO4/c1-2-4-13-12(3-1)14(16-20-13)19-11-5-7-15(8-6-11)17-9-10-18-15;17-14-12-3-1-2-4-13(12)20-16(14)11-5-7-15(8-6-11)18-9-10-19-15/h2*1-4,11H,5-10H2. The Morgan fingerprint density at radius 1 is 0.725 bits per heavy atom. The normalized spacial score (nSPS) is 24.1. The third-order valence-electron chi connectivity index (χ3n) is 8.51. The molecule has 2 saturated heterocycles. The number of para-hydroxylation sites is 2. The molecule has 10 heteroatoms. The highest BCUT2D eigenvalue weighted by molar-refractivity contribution is 5.81. The van der Waals surface area contributed by atoms with E-state index in [0.29, 0.717) is 43.3 Å². The number of fused-ring (bicyclic) bond motifs is 2. The maximum Gasteiger partial charge on any atom is 0.290 e. The zero-order chi connectivity index (χ0) is 27.0. The van der Waals surface area contributed by atoms with Crippen LogP contribution in [0.25, 0.3) is 21.9 Å². The van der Waals surface area contributed by atoms with Gasteiger partial charge < -0.3 is 32.7 Å². The molecule has 212 valence electrons. The molecule has 40 heavy (non-hydrogen) atoms. The van der Waals surface area contributed by atoms with Crippen LogP contribution in [0.2, 0.25) is 0 Å². The first kappa shape index (κ1) is 25.8. The molecule has 2 saturated carbocycles. The van der Waals surface area contributed by atoms with E-state index in [4.69, 9.17) is 32.7 Å². The molecule has 2 aliphatic carbocycles. The molecule has 0 N–H and O–H groups in total. The van der Waals surface area contributed by atoms with Crippen LogP contribution in [0.3, 0.4) is 0 Å². The maximum atomic E-state index is 12.3. The van der Waals surface area contributed by atoms with E-state index < -0.39 is 5.79 Å². The maximum absolute atomic E-state index is 12.3. The Balaban J connectivity index is 0.000000132. The van der Waals surface area contributed by atoms with Gasteiger partial charge in [-0.1, -0.05) is 24.3 Å². The molecule has 2 aromatic carbocycles. The van der Waals surface area contributed by atoms with E-state index in [1.54, 1.807) is 0 Å². The molecular formula is C30H34N2O8. The predicted octanol–water partition coefficient (Wildman–Crippen LogP) is 5.35. The molecule has 8 rings (SSSR count). The highest BCUT2D eigenvalue weighted by Gasteiger charge is 2.42. The van der Waals surface area contributed by atoms with Gasteiger partial charge in [0.05, 0.1) is 43.2 Å². The molecule has 0 radical (unpaired) electrons. The van der Waals surface area contributed by atoms with Crippen LogP contribution in [0, 0.1) is 0 Å². The monoisotopic (exact) mass is 550 g/mol. The Labute approximate surface area is 231 Å². The average Bonchev–Trinajstić information content (AvgIpc) is 3.80. The van der Waals surface area contributed by atoms with E-state index in [1.165, 1.54) is 4.74 Å². The first-order valence-corrected chi connectivity index (χ1v) is 14.3. The first-order valence-electron chi connectivity index (χ1n) is 14.3. The molecule has 0 atom stereocenters. The van der Waals surface area contributed by atoms with Gasteiger partial charge >= 0.3 is 0 Å². The van der Waals surface area contributed by atoms with Crippen molar-refractivity contribution in [3.63, 3.8) is 0 Å². The SMILES string of the molecule is O=c1c2ccccc2on1C1CCC2(CC1)OCCO2.c1ccc2c(OC3CCC4(CC3)OCCO4)noc2c1. The molecule has 0 bridgehead atoms. The van der Waals surface area contributed by atoms with Gasteiger partial charge in [0.25, 0.3) is 11.4 Å². The Morgan fingerprint density at radius 2 is 1.27 bits per heavy atom. The fraction of sp³-hybridized carbons (Fsp3) is 0.533. The van der Waals surface area contributed by atoms with Crippen molar-refractivity contribution in [1.29, 1.82) is 0 Å². The molecule has 0 unspecified atom stereocenters. The van der Waals surface area contributed by atoms with Crippen LogP contribution in [-0.4, -0.2) is 54.0 Å². The highest BCUT2D eigenvalue weighted by Crippen LogP contribution is 2.40. The molecule has 4 fully saturated rings. The molecule has 4 aromatic rings. The first-order chi connectivity index (χ1) is 19.6. The lowest BCUT2D eigenvalue weighted by Crippen LogP contribution is -2.38. The summed E-state index contributed by atoms with van der Waals surface area (Å²) in [4.78, 5) is 12.3. The summed E-state index contributed by atoms with van der Waals surface area (Å²) in [7, 11) is 0. The minimum atomic E-state index is -0.397. The highest BCUT2D eigenvalue weighted by atomic mass is 16.7. The summed E-state index contributed by atoms with van der Waals surface area (Å²) in [6.45, 7) is 2.77. The zero-order valence-electron chi connectivity index (χ0n) is 22.4. The van der Waals surface area contributed by atoms with Gasteiger partial charge in [-0.05, 0) is 55.1 Å². The molecule has 2 aliphatic heterocycles. The van der Waals surface area contributed by atoms with E-state index in [2.05, 4.69) is 5.16 Å². The van der Waals surface area contributed by atoms with Gasteiger partial charge in [0.15, 0.2) is 22.7 Å². The fourth-order valence-electron chi connectivity index (χ4n) is 6.33. The smallest absolute Gasteiger partial charge is 0.290 e. The third kappa shape index (κ3) is 4.94. The number of ether oxygens (including phenoxy) is 5. The Bertz CT molecular complexity index is 1490. The number of hydrogen-bond donors (Lipinski definition) is 0. The van der Waals surface area contributed by atoms with Crippen molar-refractivity contribution in [1.82, 2.24) is 9.90 Å². The quantitative estimate of drug-likeness (QED) is 0.334. The van der Waals surface area contributed by atoms with Crippen LogP contribution in [0.1, 0.15) is 57.4 Å². The fourth-order valence-corrected chi connectivity index (χ4v) is 6.33. The van der Waals surface area contributed by atoms with Crippen molar-refractivity contribution in [2.24, 2.45) is 0 Å². The Morgan fingerprint density at radius 3 is 1.90 bits per heavy atom. The van der Waals surface area contributed by atoms with Crippen molar-refractivity contribution in [2.45, 2.75) is 75.1 Å². The van der Waals surface area contributed by atoms with Gasteiger partial charge in [-0.15, -0.1) is 0 Å². The van der Waals surface area contributed by atoms with Gasteiger partial charge in [-0.25, -0.2) is 0 Å². The topological polar surface area (TPSA) is 107 Å². The summed E-state index contributed by atoms with van der Waals surface area (Å²) in [6, 6.07) is 15.2. The lowest BCUT2D eigenvalue weighted by Gasteiger charge is -2.34. The van der Waals surface area contributed by atoms with Gasteiger partial charge in [0, 0.05) is 25.7 Å². The third-order valence-corrected chi connectivity index (χ3v) is 8.51. The number of hydrogen-bond acceptors (Lipinski definition) is 9.